The van der Waals surface area contributed by atoms with Gasteiger partial charge < -0.3 is 39.5 Å². The second-order valence-electron chi connectivity index (χ2n) is 10.8. The zero-order chi connectivity index (χ0) is 29.6. The molecule has 2 aromatic carbocycles. The number of aromatic nitrogens is 3. The summed E-state index contributed by atoms with van der Waals surface area (Å²) in [6.07, 6.45) is 0.696. The van der Waals surface area contributed by atoms with Gasteiger partial charge in [-0.2, -0.15) is 15.0 Å². The second kappa shape index (κ2) is 13.3. The number of nitrogens with one attached hydrogen (secondary N) is 2. The fourth-order valence-electron chi connectivity index (χ4n) is 5.07. The fourth-order valence-corrected chi connectivity index (χ4v) is 5.07. The number of benzene rings is 2. The van der Waals surface area contributed by atoms with Crippen molar-refractivity contribution >= 4 is 29.3 Å². The van der Waals surface area contributed by atoms with Crippen molar-refractivity contribution in [1.29, 1.82) is 0 Å². The number of hydrogen-bond acceptors (Lipinski definition) is 10. The maximum absolute atomic E-state index is 12.8. The fraction of sp³-hybridized carbons (Fsp3) is 0.433. The molecule has 0 radical (unpaired) electrons. The molecular formula is C30H36N8O5. The molecule has 3 fully saturated rings. The quantitative estimate of drug-likeness (QED) is 0.424. The van der Waals surface area contributed by atoms with Crippen molar-refractivity contribution in [3.8, 4) is 17.4 Å². The molecule has 0 aliphatic carbocycles. The van der Waals surface area contributed by atoms with Gasteiger partial charge in [-0.1, -0.05) is 0 Å². The van der Waals surface area contributed by atoms with Crippen LogP contribution >= 0.6 is 0 Å². The Bertz CT molecular complexity index is 1400. The zero-order valence-electron chi connectivity index (χ0n) is 24.2. The van der Waals surface area contributed by atoms with E-state index in [-0.39, 0.29) is 18.0 Å². The predicted octanol–water partition coefficient (Wildman–Crippen LogP) is 2.57. The number of anilines is 3. The molecule has 3 amide bonds. The maximum Gasteiger partial charge on any atom is 0.323 e. The lowest BCUT2D eigenvalue weighted by Gasteiger charge is -2.32. The Morgan fingerprint density at radius 2 is 1.49 bits per heavy atom. The van der Waals surface area contributed by atoms with Gasteiger partial charge in [0.15, 0.2) is 5.82 Å². The van der Waals surface area contributed by atoms with Gasteiger partial charge in [0.1, 0.15) is 6.10 Å². The molecule has 3 aliphatic rings. The van der Waals surface area contributed by atoms with Crippen molar-refractivity contribution in [2.45, 2.75) is 12.5 Å². The number of carbonyl (C=O) groups is 2. The summed E-state index contributed by atoms with van der Waals surface area (Å²) in [5.74, 6) is 1.03. The van der Waals surface area contributed by atoms with E-state index in [0.29, 0.717) is 81.3 Å². The lowest BCUT2D eigenvalue weighted by Crippen LogP contribution is -2.47. The first kappa shape index (κ1) is 28.8. The number of nitrogens with zero attached hydrogens (tertiary/aromatic N) is 6. The lowest BCUT2D eigenvalue weighted by molar-refractivity contribution is 0.0664. The highest BCUT2D eigenvalue weighted by Gasteiger charge is 2.23. The van der Waals surface area contributed by atoms with Crippen LogP contribution in [0.15, 0.2) is 48.5 Å². The third kappa shape index (κ3) is 7.37. The van der Waals surface area contributed by atoms with Crippen LogP contribution in [-0.4, -0.2) is 116 Å². The van der Waals surface area contributed by atoms with Crippen LogP contribution < -0.4 is 20.3 Å². The standard InChI is InChI=1S/C30H36N8O5/c1-36-11-13-37(14-12-36)27(39)22-4-8-24(9-5-22)32-29(40)31-23-6-2-21(3-7-23)26-33-28(38-15-18-41-19-16-38)35-30(34-26)43-25-10-17-42-20-25/h2-9,25H,10-20H2,1H3,(H2,31,32,40). The van der Waals surface area contributed by atoms with Crippen LogP contribution in [-0.2, 0) is 9.47 Å². The van der Waals surface area contributed by atoms with Crippen LogP contribution in [0.4, 0.5) is 22.1 Å². The lowest BCUT2D eigenvalue weighted by atomic mass is 10.1. The largest absolute Gasteiger partial charge is 0.457 e. The Morgan fingerprint density at radius 3 is 2.14 bits per heavy atom. The van der Waals surface area contributed by atoms with E-state index in [1.165, 1.54) is 0 Å². The predicted molar refractivity (Wildman–Crippen MR) is 161 cm³/mol. The Kier molecular flexibility index (Phi) is 8.91. The van der Waals surface area contributed by atoms with Gasteiger partial charge in [-0.3, -0.25) is 4.79 Å². The van der Waals surface area contributed by atoms with Crippen LogP contribution in [0.1, 0.15) is 16.8 Å². The van der Waals surface area contributed by atoms with Gasteiger partial charge in [-0.05, 0) is 55.6 Å². The molecule has 3 saturated heterocycles. The molecule has 1 aromatic heterocycles. The summed E-state index contributed by atoms with van der Waals surface area (Å²) in [6, 6.07) is 14.1. The summed E-state index contributed by atoms with van der Waals surface area (Å²) >= 11 is 0. The van der Waals surface area contributed by atoms with Crippen LogP contribution in [0.2, 0.25) is 0 Å². The van der Waals surface area contributed by atoms with E-state index >= 15 is 0 Å². The van der Waals surface area contributed by atoms with E-state index < -0.39 is 6.03 Å². The molecule has 3 aromatic rings. The van der Waals surface area contributed by atoms with Crippen molar-refractivity contribution in [2.75, 3.05) is 88.3 Å². The highest BCUT2D eigenvalue weighted by molar-refractivity contribution is 6.00. The second-order valence-corrected chi connectivity index (χ2v) is 10.8. The molecule has 43 heavy (non-hydrogen) atoms. The Hall–Kier alpha value is -4.33. The maximum atomic E-state index is 12.8. The topological polar surface area (TPSA) is 134 Å². The van der Waals surface area contributed by atoms with E-state index in [0.717, 1.165) is 25.1 Å². The van der Waals surface area contributed by atoms with Crippen molar-refractivity contribution in [1.82, 2.24) is 24.8 Å². The normalized spacial score (nSPS) is 19.2. The highest BCUT2D eigenvalue weighted by atomic mass is 16.6. The molecule has 1 atom stereocenters. The van der Waals surface area contributed by atoms with Crippen LogP contribution in [0.25, 0.3) is 11.4 Å². The van der Waals surface area contributed by atoms with E-state index in [4.69, 9.17) is 19.2 Å². The highest BCUT2D eigenvalue weighted by Crippen LogP contribution is 2.24. The van der Waals surface area contributed by atoms with Crippen molar-refractivity contribution in [3.63, 3.8) is 0 Å². The number of likely N-dealkylation sites (N-methyl/N-ethyl adjacent to an activating group) is 1. The van der Waals surface area contributed by atoms with Crippen molar-refractivity contribution in [2.24, 2.45) is 0 Å². The summed E-state index contributed by atoms with van der Waals surface area (Å²) in [5, 5.41) is 5.66. The average Bonchev–Trinajstić information content (AvgIpc) is 3.55. The molecule has 13 nitrogen and oxygen atoms in total. The van der Waals surface area contributed by atoms with Gasteiger partial charge in [-0.15, -0.1) is 0 Å². The molecular weight excluding hydrogens is 552 g/mol. The third-order valence-electron chi connectivity index (χ3n) is 7.64. The number of piperazine rings is 1. The summed E-state index contributed by atoms with van der Waals surface area (Å²) in [6.45, 7) is 6.90. The number of rotatable bonds is 7. The van der Waals surface area contributed by atoms with E-state index in [9.17, 15) is 9.59 Å². The molecule has 226 valence electrons. The average molecular weight is 589 g/mol. The molecule has 6 rings (SSSR count). The number of amides is 3. The van der Waals surface area contributed by atoms with Gasteiger partial charge in [0.2, 0.25) is 5.95 Å². The Labute approximate surface area is 250 Å². The number of ether oxygens (including phenoxy) is 3. The van der Waals surface area contributed by atoms with Gasteiger partial charge in [-0.25, -0.2) is 4.79 Å². The number of morpholine rings is 1. The Balaban J connectivity index is 1.09. The van der Waals surface area contributed by atoms with Crippen molar-refractivity contribution in [3.05, 3.63) is 54.1 Å². The van der Waals surface area contributed by atoms with Crippen LogP contribution in [0, 0.1) is 0 Å². The summed E-state index contributed by atoms with van der Waals surface area (Å²) in [4.78, 5) is 45.4. The molecule has 1 unspecified atom stereocenters. The zero-order valence-corrected chi connectivity index (χ0v) is 24.2. The van der Waals surface area contributed by atoms with Crippen LogP contribution in [0.5, 0.6) is 6.01 Å². The molecule has 0 bridgehead atoms. The monoisotopic (exact) mass is 588 g/mol. The Morgan fingerprint density at radius 1 is 0.814 bits per heavy atom. The first-order valence-electron chi connectivity index (χ1n) is 14.6. The summed E-state index contributed by atoms with van der Waals surface area (Å²) < 4.78 is 16.9. The molecule has 2 N–H and O–H groups in total. The smallest absolute Gasteiger partial charge is 0.323 e. The van der Waals surface area contributed by atoms with Gasteiger partial charge in [0.05, 0.1) is 26.4 Å². The van der Waals surface area contributed by atoms with E-state index in [2.05, 4.69) is 37.4 Å². The summed E-state index contributed by atoms with van der Waals surface area (Å²) in [5.41, 5.74) is 2.55. The summed E-state index contributed by atoms with van der Waals surface area (Å²) in [7, 11) is 2.05. The minimum atomic E-state index is -0.393. The molecule has 4 heterocycles. The minimum absolute atomic E-state index is 0.00525. The minimum Gasteiger partial charge on any atom is -0.457 e. The van der Waals surface area contributed by atoms with Gasteiger partial charge >= 0.3 is 12.0 Å². The first-order chi connectivity index (χ1) is 21.0. The van der Waals surface area contributed by atoms with Crippen LogP contribution in [0.3, 0.4) is 0 Å². The molecule has 13 heteroatoms. The number of carbonyl (C=O) groups excluding carboxylic acids is 2. The van der Waals surface area contributed by atoms with Crippen molar-refractivity contribution < 1.29 is 23.8 Å². The first-order valence-corrected chi connectivity index (χ1v) is 14.6. The van der Waals surface area contributed by atoms with Gasteiger partial charge in [0.25, 0.3) is 5.91 Å². The van der Waals surface area contributed by atoms with Gasteiger partial charge in [0, 0.05) is 68.2 Å². The number of urea groups is 1. The number of hydrogen-bond donors (Lipinski definition) is 2. The molecule has 0 saturated carbocycles. The molecule has 0 spiro atoms. The SMILES string of the molecule is CN1CCN(C(=O)c2ccc(NC(=O)Nc3ccc(-c4nc(OC5CCOC5)nc(N5CCOCC5)n4)cc3)cc2)CC1. The molecule has 3 aliphatic heterocycles. The van der Waals surface area contributed by atoms with E-state index in [1.54, 1.807) is 36.4 Å². The third-order valence-corrected chi connectivity index (χ3v) is 7.64. The van der Waals surface area contributed by atoms with E-state index in [1.807, 2.05) is 17.0 Å².